The highest BCUT2D eigenvalue weighted by Gasteiger charge is 2.35. The molecule has 7 nitrogen and oxygen atoms in total. The van der Waals surface area contributed by atoms with Crippen molar-refractivity contribution in [3.8, 4) is 0 Å². The Balaban J connectivity index is 2.16. The van der Waals surface area contributed by atoms with Gasteiger partial charge in [-0.3, -0.25) is 14.3 Å². The molecule has 0 saturated heterocycles. The molecule has 3 rings (SSSR count). The van der Waals surface area contributed by atoms with Gasteiger partial charge >= 0.3 is 6.18 Å². The fourth-order valence-corrected chi connectivity index (χ4v) is 4.19. The summed E-state index contributed by atoms with van der Waals surface area (Å²) < 4.78 is 40.7. The van der Waals surface area contributed by atoms with E-state index in [0.717, 1.165) is 12.1 Å². The Morgan fingerprint density at radius 1 is 1.32 bits per heavy atom. The first-order valence-electron chi connectivity index (χ1n) is 10.0. The van der Waals surface area contributed by atoms with Crippen LogP contribution in [0.1, 0.15) is 82.2 Å². The number of amides is 2. The Bertz CT molecular complexity index is 987. The molecule has 0 radical (unpaired) electrons. The molecular weight excluding hydrogens is 413 g/mol. The molecule has 1 aromatic heterocycles. The quantitative estimate of drug-likeness (QED) is 0.667. The molecule has 1 aliphatic carbocycles. The molecule has 1 aliphatic rings. The number of carbonyl (C=O) groups excluding carboxylic acids is 2. The van der Waals surface area contributed by atoms with Crippen molar-refractivity contribution < 1.29 is 27.9 Å². The Hall–Kier alpha value is -2.88. The van der Waals surface area contributed by atoms with Crippen LogP contribution < -0.4 is 11.1 Å². The van der Waals surface area contributed by atoms with Gasteiger partial charge in [-0.15, -0.1) is 0 Å². The number of benzene rings is 1. The number of primary amides is 1. The lowest BCUT2D eigenvalue weighted by Gasteiger charge is -2.26. The van der Waals surface area contributed by atoms with E-state index < -0.39 is 35.7 Å². The van der Waals surface area contributed by atoms with Crippen molar-refractivity contribution in [2.75, 3.05) is 7.05 Å². The van der Waals surface area contributed by atoms with Crippen LogP contribution in [0.2, 0.25) is 0 Å². The fraction of sp³-hybridized carbons (Fsp3) is 0.476. The third-order valence-electron chi connectivity index (χ3n) is 5.74. The molecule has 4 N–H and O–H groups in total. The Morgan fingerprint density at radius 3 is 2.61 bits per heavy atom. The standard InChI is InChI=1S/C21H25F3N4O3/c1-11(12-5-3-7-14(9-12)21(22,23)24)28-18(19(25)30)16(17(27-28)20(31)26-2)13-6-4-8-15(29)10-13/h3,5,7,9,11,13,15,29H,4,6,8,10H2,1-2H3,(H2,25,30)(H,26,31)/t11-,13?,15+/m1/s1. The molecule has 2 aromatic rings. The van der Waals surface area contributed by atoms with Gasteiger partial charge in [0.1, 0.15) is 5.69 Å². The fourth-order valence-electron chi connectivity index (χ4n) is 4.19. The number of alkyl halides is 3. The molecule has 31 heavy (non-hydrogen) atoms. The van der Waals surface area contributed by atoms with Gasteiger partial charge < -0.3 is 16.2 Å². The first-order valence-corrected chi connectivity index (χ1v) is 10.0. The third-order valence-corrected chi connectivity index (χ3v) is 5.74. The average molecular weight is 438 g/mol. The zero-order valence-electron chi connectivity index (χ0n) is 17.2. The molecule has 0 spiro atoms. The highest BCUT2D eigenvalue weighted by molar-refractivity contribution is 6.00. The Morgan fingerprint density at radius 2 is 2.03 bits per heavy atom. The molecule has 1 aromatic carbocycles. The van der Waals surface area contributed by atoms with E-state index in [0.29, 0.717) is 31.2 Å². The molecule has 2 amide bonds. The first kappa shape index (κ1) is 22.8. The molecule has 3 atom stereocenters. The zero-order valence-corrected chi connectivity index (χ0v) is 17.2. The maximum atomic E-state index is 13.2. The van der Waals surface area contributed by atoms with E-state index in [-0.39, 0.29) is 22.9 Å². The van der Waals surface area contributed by atoms with Crippen LogP contribution in [0.25, 0.3) is 0 Å². The molecule has 1 fully saturated rings. The number of aliphatic hydroxyl groups is 1. The van der Waals surface area contributed by atoms with E-state index in [1.165, 1.54) is 23.9 Å². The summed E-state index contributed by atoms with van der Waals surface area (Å²) in [6.45, 7) is 1.59. The van der Waals surface area contributed by atoms with Crippen molar-refractivity contribution >= 4 is 11.8 Å². The van der Waals surface area contributed by atoms with Crippen molar-refractivity contribution in [3.63, 3.8) is 0 Å². The molecule has 1 saturated carbocycles. The summed E-state index contributed by atoms with van der Waals surface area (Å²) >= 11 is 0. The predicted molar refractivity (Wildman–Crippen MR) is 107 cm³/mol. The van der Waals surface area contributed by atoms with Gasteiger partial charge in [-0.1, -0.05) is 18.6 Å². The van der Waals surface area contributed by atoms with Crippen molar-refractivity contribution in [3.05, 3.63) is 52.3 Å². The van der Waals surface area contributed by atoms with Gasteiger partial charge in [0.05, 0.1) is 17.7 Å². The van der Waals surface area contributed by atoms with E-state index in [1.54, 1.807) is 6.92 Å². The van der Waals surface area contributed by atoms with Gasteiger partial charge in [-0.25, -0.2) is 0 Å². The molecule has 1 unspecified atom stereocenters. The summed E-state index contributed by atoms with van der Waals surface area (Å²) in [5.74, 6) is -1.69. The molecule has 0 aliphatic heterocycles. The van der Waals surface area contributed by atoms with E-state index in [9.17, 15) is 27.9 Å². The van der Waals surface area contributed by atoms with Gasteiger partial charge in [-0.05, 0) is 49.8 Å². The first-order chi connectivity index (χ1) is 14.5. The van der Waals surface area contributed by atoms with E-state index in [1.807, 2.05) is 0 Å². The summed E-state index contributed by atoms with van der Waals surface area (Å²) in [6, 6.07) is 3.92. The number of hydrogen-bond donors (Lipinski definition) is 3. The lowest BCUT2D eigenvalue weighted by molar-refractivity contribution is -0.137. The minimum absolute atomic E-state index is 0.00535. The number of aliphatic hydroxyl groups excluding tert-OH is 1. The van der Waals surface area contributed by atoms with Gasteiger partial charge in [0, 0.05) is 12.6 Å². The number of aromatic nitrogens is 2. The Kier molecular flexibility index (Phi) is 6.40. The Labute approximate surface area is 177 Å². The normalized spacial score (nSPS) is 20.3. The largest absolute Gasteiger partial charge is 0.416 e. The summed E-state index contributed by atoms with van der Waals surface area (Å²) in [6.07, 6.45) is -2.82. The lowest BCUT2D eigenvalue weighted by Crippen LogP contribution is -2.26. The summed E-state index contributed by atoms with van der Waals surface area (Å²) in [4.78, 5) is 25.0. The van der Waals surface area contributed by atoms with Crippen molar-refractivity contribution in [2.24, 2.45) is 5.73 Å². The molecule has 1 heterocycles. The van der Waals surface area contributed by atoms with Crippen LogP contribution in [0.15, 0.2) is 24.3 Å². The van der Waals surface area contributed by atoms with Crippen LogP contribution >= 0.6 is 0 Å². The molecule has 168 valence electrons. The van der Waals surface area contributed by atoms with Gasteiger partial charge in [0.2, 0.25) is 0 Å². The van der Waals surface area contributed by atoms with Crippen LogP contribution in [-0.2, 0) is 6.18 Å². The van der Waals surface area contributed by atoms with Crippen molar-refractivity contribution in [1.29, 1.82) is 0 Å². The summed E-state index contributed by atoms with van der Waals surface area (Å²) in [7, 11) is 1.42. The van der Waals surface area contributed by atoms with Crippen LogP contribution in [-0.4, -0.2) is 39.9 Å². The van der Waals surface area contributed by atoms with E-state index in [4.69, 9.17) is 5.73 Å². The van der Waals surface area contributed by atoms with Crippen molar-refractivity contribution in [1.82, 2.24) is 15.1 Å². The zero-order chi connectivity index (χ0) is 22.9. The number of nitrogens with one attached hydrogen (secondary N) is 1. The SMILES string of the molecule is CNC(=O)c1nn([C@H](C)c2cccc(C(F)(F)F)c2)c(C(N)=O)c1C1CCC[C@H](O)C1. The molecule has 10 heteroatoms. The number of carbonyl (C=O) groups is 2. The second kappa shape index (κ2) is 8.70. The molecular formula is C21H25F3N4O3. The highest BCUT2D eigenvalue weighted by Crippen LogP contribution is 2.38. The lowest BCUT2D eigenvalue weighted by atomic mass is 9.81. The third kappa shape index (κ3) is 4.58. The number of hydrogen-bond acceptors (Lipinski definition) is 4. The van der Waals surface area contributed by atoms with Crippen LogP contribution in [0, 0.1) is 0 Å². The smallest absolute Gasteiger partial charge is 0.393 e. The minimum atomic E-state index is -4.52. The minimum Gasteiger partial charge on any atom is -0.393 e. The van der Waals surface area contributed by atoms with Gasteiger partial charge in [-0.2, -0.15) is 18.3 Å². The number of rotatable bonds is 5. The van der Waals surface area contributed by atoms with Crippen LogP contribution in [0.5, 0.6) is 0 Å². The second-order valence-corrected chi connectivity index (χ2v) is 7.82. The number of nitrogens with two attached hydrogens (primary N) is 1. The second-order valence-electron chi connectivity index (χ2n) is 7.82. The highest BCUT2D eigenvalue weighted by atomic mass is 19.4. The predicted octanol–water partition coefficient (Wildman–Crippen LogP) is 2.99. The number of halogens is 3. The van der Waals surface area contributed by atoms with E-state index in [2.05, 4.69) is 10.4 Å². The molecule has 0 bridgehead atoms. The van der Waals surface area contributed by atoms with Gasteiger partial charge in [0.15, 0.2) is 5.69 Å². The maximum absolute atomic E-state index is 13.2. The van der Waals surface area contributed by atoms with Crippen LogP contribution in [0.4, 0.5) is 13.2 Å². The number of nitrogens with zero attached hydrogens (tertiary/aromatic N) is 2. The summed E-state index contributed by atoms with van der Waals surface area (Å²) in [5, 5.41) is 16.9. The van der Waals surface area contributed by atoms with Crippen molar-refractivity contribution in [2.45, 2.75) is 56.8 Å². The van der Waals surface area contributed by atoms with Gasteiger partial charge in [0.25, 0.3) is 11.8 Å². The van der Waals surface area contributed by atoms with Crippen LogP contribution in [0.3, 0.4) is 0 Å². The summed E-state index contributed by atoms with van der Waals surface area (Å²) in [5.41, 5.74) is 5.39. The maximum Gasteiger partial charge on any atom is 0.416 e. The van der Waals surface area contributed by atoms with E-state index >= 15 is 0 Å². The average Bonchev–Trinajstić information content (AvgIpc) is 3.13. The monoisotopic (exact) mass is 438 g/mol. The topological polar surface area (TPSA) is 110 Å².